The molecule has 4 rings (SSSR count). The summed E-state index contributed by atoms with van der Waals surface area (Å²) < 4.78 is 2.29. The van der Waals surface area contributed by atoms with Gasteiger partial charge in [-0.05, 0) is 50.7 Å². The van der Waals surface area contributed by atoms with E-state index in [9.17, 15) is 0 Å². The number of fused-ring (bicyclic) bond motifs is 4. The predicted molar refractivity (Wildman–Crippen MR) is 119 cm³/mol. The normalized spacial score (nSPS) is 11.9. The minimum absolute atomic E-state index is 0.884. The van der Waals surface area contributed by atoms with E-state index in [0.29, 0.717) is 0 Å². The Labute approximate surface area is 166 Å². The maximum Gasteiger partial charge on any atom is 0.156 e. The first kappa shape index (κ1) is 18.7. The van der Waals surface area contributed by atoms with Gasteiger partial charge < -0.3 is 14.8 Å². The molecule has 0 aliphatic rings. The molecule has 5 heteroatoms. The molecule has 5 nitrogen and oxygen atoms in total. The molecule has 0 atom stereocenters. The van der Waals surface area contributed by atoms with E-state index >= 15 is 0 Å². The monoisotopic (exact) mass is 375 g/mol. The second-order valence-electron chi connectivity index (χ2n) is 7.44. The van der Waals surface area contributed by atoms with Crippen LogP contribution in [-0.2, 0) is 7.05 Å². The maximum absolute atomic E-state index is 4.42. The van der Waals surface area contributed by atoms with E-state index in [0.717, 1.165) is 43.8 Å². The van der Waals surface area contributed by atoms with Crippen LogP contribution in [0.25, 0.3) is 32.6 Å². The number of anilines is 1. The first-order valence-corrected chi connectivity index (χ1v) is 10.2. The number of nitrogens with one attached hydrogen (secondary N) is 1. The van der Waals surface area contributed by atoms with Gasteiger partial charge in [-0.25, -0.2) is 0 Å². The molecule has 0 spiro atoms. The summed E-state index contributed by atoms with van der Waals surface area (Å²) in [4.78, 5) is 2.44. The molecule has 0 aliphatic heterocycles. The van der Waals surface area contributed by atoms with E-state index in [4.69, 9.17) is 0 Å². The Bertz CT molecular complexity index is 1120. The minimum atomic E-state index is 0.884. The van der Waals surface area contributed by atoms with Crippen LogP contribution in [0.3, 0.4) is 0 Å². The number of para-hydroxylation sites is 1. The number of aromatic nitrogens is 3. The minimum Gasteiger partial charge on any atom is -0.368 e. The molecule has 0 amide bonds. The first-order chi connectivity index (χ1) is 13.7. The van der Waals surface area contributed by atoms with Gasteiger partial charge in [-0.15, -0.1) is 5.10 Å². The molecule has 28 heavy (non-hydrogen) atoms. The van der Waals surface area contributed by atoms with Crippen molar-refractivity contribution in [1.82, 2.24) is 19.7 Å². The van der Waals surface area contributed by atoms with Gasteiger partial charge in [0.15, 0.2) is 5.82 Å². The van der Waals surface area contributed by atoms with Crippen LogP contribution in [-0.4, -0.2) is 45.8 Å². The number of nitrogens with zero attached hydrogens (tertiary/aromatic N) is 4. The summed E-state index contributed by atoms with van der Waals surface area (Å²) in [5, 5.41) is 17.1. The van der Waals surface area contributed by atoms with Gasteiger partial charge in [-0.3, -0.25) is 0 Å². The summed E-state index contributed by atoms with van der Waals surface area (Å²) in [6, 6.07) is 10.9. The number of benzene rings is 2. The van der Waals surface area contributed by atoms with Gasteiger partial charge in [0, 0.05) is 40.7 Å². The predicted octanol–water partition coefficient (Wildman–Crippen LogP) is 4.73. The average molecular weight is 376 g/mol. The van der Waals surface area contributed by atoms with Gasteiger partial charge in [0.25, 0.3) is 0 Å². The van der Waals surface area contributed by atoms with Crippen molar-refractivity contribution < 1.29 is 0 Å². The van der Waals surface area contributed by atoms with E-state index in [-0.39, 0.29) is 0 Å². The van der Waals surface area contributed by atoms with Crippen molar-refractivity contribution in [2.24, 2.45) is 7.05 Å². The van der Waals surface area contributed by atoms with Crippen LogP contribution in [0.4, 0.5) is 5.82 Å². The lowest BCUT2D eigenvalue weighted by molar-refractivity contribution is 0.303. The molecule has 2 aromatic heterocycles. The molecule has 2 heterocycles. The van der Waals surface area contributed by atoms with Crippen molar-refractivity contribution in [3.63, 3.8) is 0 Å². The van der Waals surface area contributed by atoms with E-state index in [1.54, 1.807) is 0 Å². The Hall–Kier alpha value is -2.66. The van der Waals surface area contributed by atoms with Crippen molar-refractivity contribution >= 4 is 38.4 Å². The Morgan fingerprint density at radius 3 is 2.61 bits per heavy atom. The highest BCUT2D eigenvalue weighted by Crippen LogP contribution is 2.36. The lowest BCUT2D eigenvalue weighted by atomic mass is 10.0. The zero-order valence-electron chi connectivity index (χ0n) is 17.3. The second-order valence-corrected chi connectivity index (χ2v) is 7.44. The third-order valence-corrected chi connectivity index (χ3v) is 5.92. The van der Waals surface area contributed by atoms with Crippen molar-refractivity contribution in [2.45, 2.75) is 27.2 Å². The molecule has 0 radical (unpaired) electrons. The lowest BCUT2D eigenvalue weighted by Gasteiger charge is -2.18. The summed E-state index contributed by atoms with van der Waals surface area (Å²) >= 11 is 0. The van der Waals surface area contributed by atoms with Crippen LogP contribution in [0.2, 0.25) is 0 Å². The number of rotatable bonds is 7. The van der Waals surface area contributed by atoms with Crippen LogP contribution in [0.15, 0.2) is 36.5 Å². The van der Waals surface area contributed by atoms with Crippen molar-refractivity contribution in [2.75, 3.05) is 31.5 Å². The number of aryl methyl sites for hydroxylation is 2. The van der Waals surface area contributed by atoms with Gasteiger partial charge in [0.2, 0.25) is 0 Å². The SMILES string of the molecule is CCN(CC)CCCNc1nncc2c(C)c3c(cc12)c1ccccc1n3C. The van der Waals surface area contributed by atoms with Crippen LogP contribution < -0.4 is 5.32 Å². The molecule has 146 valence electrons. The zero-order chi connectivity index (χ0) is 19.7. The summed E-state index contributed by atoms with van der Waals surface area (Å²) in [7, 11) is 2.14. The summed E-state index contributed by atoms with van der Waals surface area (Å²) in [6.45, 7) is 10.8. The van der Waals surface area contributed by atoms with Crippen LogP contribution in [0, 0.1) is 6.92 Å². The molecule has 0 fully saturated rings. The molecule has 0 aliphatic carbocycles. The summed E-state index contributed by atoms with van der Waals surface area (Å²) in [5.74, 6) is 0.884. The Balaban J connectivity index is 1.74. The largest absolute Gasteiger partial charge is 0.368 e. The fourth-order valence-corrected chi connectivity index (χ4v) is 4.31. The highest BCUT2D eigenvalue weighted by Gasteiger charge is 2.15. The smallest absolute Gasteiger partial charge is 0.156 e. The Morgan fingerprint density at radius 1 is 1.04 bits per heavy atom. The number of hydrogen-bond acceptors (Lipinski definition) is 4. The Kier molecular flexibility index (Phi) is 5.18. The van der Waals surface area contributed by atoms with E-state index in [2.05, 4.69) is 83.1 Å². The van der Waals surface area contributed by atoms with E-state index < -0.39 is 0 Å². The van der Waals surface area contributed by atoms with Crippen LogP contribution in [0.5, 0.6) is 0 Å². The molecule has 0 saturated heterocycles. The van der Waals surface area contributed by atoms with Gasteiger partial charge in [0.1, 0.15) is 0 Å². The van der Waals surface area contributed by atoms with Gasteiger partial charge in [-0.2, -0.15) is 5.10 Å². The van der Waals surface area contributed by atoms with Crippen LogP contribution in [0.1, 0.15) is 25.8 Å². The molecule has 4 aromatic rings. The van der Waals surface area contributed by atoms with Crippen molar-refractivity contribution in [1.29, 1.82) is 0 Å². The third kappa shape index (κ3) is 3.10. The second kappa shape index (κ2) is 7.76. The molecule has 2 aromatic carbocycles. The van der Waals surface area contributed by atoms with Crippen molar-refractivity contribution in [3.05, 3.63) is 42.1 Å². The zero-order valence-corrected chi connectivity index (χ0v) is 17.3. The maximum atomic E-state index is 4.42. The molecule has 0 bridgehead atoms. The fourth-order valence-electron chi connectivity index (χ4n) is 4.31. The fraction of sp³-hybridized carbons (Fsp3) is 0.391. The van der Waals surface area contributed by atoms with E-state index in [1.807, 2.05) is 6.20 Å². The lowest BCUT2D eigenvalue weighted by Crippen LogP contribution is -2.25. The van der Waals surface area contributed by atoms with E-state index in [1.165, 1.54) is 32.8 Å². The first-order valence-electron chi connectivity index (χ1n) is 10.2. The van der Waals surface area contributed by atoms with Gasteiger partial charge >= 0.3 is 0 Å². The quantitative estimate of drug-likeness (QED) is 0.475. The summed E-state index contributed by atoms with van der Waals surface area (Å²) in [6.07, 6.45) is 2.98. The van der Waals surface area contributed by atoms with Crippen LogP contribution >= 0.6 is 0 Å². The van der Waals surface area contributed by atoms with Gasteiger partial charge in [0.05, 0.1) is 11.7 Å². The highest BCUT2D eigenvalue weighted by molar-refractivity contribution is 6.15. The molecule has 0 unspecified atom stereocenters. The highest BCUT2D eigenvalue weighted by atomic mass is 15.2. The molecular formula is C23H29N5. The molecular weight excluding hydrogens is 346 g/mol. The Morgan fingerprint density at radius 2 is 1.82 bits per heavy atom. The number of hydrogen-bond donors (Lipinski definition) is 1. The average Bonchev–Trinajstić information content (AvgIpc) is 3.01. The topological polar surface area (TPSA) is 46.0 Å². The summed E-state index contributed by atoms with van der Waals surface area (Å²) in [5.41, 5.74) is 3.78. The molecule has 0 saturated carbocycles. The molecule has 1 N–H and O–H groups in total. The van der Waals surface area contributed by atoms with Crippen molar-refractivity contribution in [3.8, 4) is 0 Å². The third-order valence-electron chi connectivity index (χ3n) is 5.92. The van der Waals surface area contributed by atoms with Gasteiger partial charge in [-0.1, -0.05) is 32.0 Å². The standard InChI is InChI=1S/C23H29N5/c1-5-28(6-2)13-9-12-24-23-19-14-18-17-10-7-8-11-21(17)27(4)22(18)16(3)20(19)15-25-26-23/h7-8,10-11,14-15H,5-6,9,12-13H2,1-4H3,(H,24,26).